The summed E-state index contributed by atoms with van der Waals surface area (Å²) in [5.74, 6) is 1.78. The van der Waals surface area contributed by atoms with E-state index in [9.17, 15) is 0 Å². The predicted octanol–water partition coefficient (Wildman–Crippen LogP) is 3.22. The maximum atomic E-state index is 5.90. The fourth-order valence-electron chi connectivity index (χ4n) is 1.80. The highest BCUT2D eigenvalue weighted by atomic mass is 35.5. The Morgan fingerprint density at radius 2 is 1.95 bits per heavy atom. The van der Waals surface area contributed by atoms with Gasteiger partial charge in [-0.15, -0.1) is 0 Å². The maximum absolute atomic E-state index is 5.90. The highest BCUT2D eigenvalue weighted by Crippen LogP contribution is 2.15. The molecule has 0 saturated heterocycles. The van der Waals surface area contributed by atoms with Gasteiger partial charge in [-0.3, -0.25) is 0 Å². The average molecular weight is 286 g/mol. The molecule has 0 spiro atoms. The Kier molecular flexibility index (Phi) is 6.84. The minimum atomic E-state index is 0.225. The number of anilines is 2. The number of hydrogen-bond acceptors (Lipinski definition) is 5. The average Bonchev–Trinajstić information content (AvgIpc) is 2.38. The first-order chi connectivity index (χ1) is 9.06. The van der Waals surface area contributed by atoms with Gasteiger partial charge in [-0.1, -0.05) is 33.1 Å². The Morgan fingerprint density at radius 1 is 1.21 bits per heavy atom. The molecular weight excluding hydrogens is 262 g/mol. The van der Waals surface area contributed by atoms with Crippen LogP contribution in [0, 0.1) is 5.92 Å². The van der Waals surface area contributed by atoms with Gasteiger partial charge >= 0.3 is 0 Å². The molecule has 19 heavy (non-hydrogen) atoms. The van der Waals surface area contributed by atoms with E-state index in [2.05, 4.69) is 34.1 Å². The molecule has 0 aliphatic heterocycles. The number of unbranched alkanes of at least 4 members (excludes halogenated alkanes) is 1. The zero-order valence-corrected chi connectivity index (χ0v) is 13.0. The quantitative estimate of drug-likeness (QED) is 0.795. The van der Waals surface area contributed by atoms with Gasteiger partial charge in [-0.2, -0.15) is 15.0 Å². The van der Waals surface area contributed by atoms with Gasteiger partial charge in [0.25, 0.3) is 0 Å². The van der Waals surface area contributed by atoms with Gasteiger partial charge in [0.1, 0.15) is 0 Å². The zero-order valence-electron chi connectivity index (χ0n) is 12.3. The summed E-state index contributed by atoms with van der Waals surface area (Å²) in [5, 5.41) is 3.49. The third-order valence-electron chi connectivity index (χ3n) is 3.09. The Balaban J connectivity index is 2.60. The van der Waals surface area contributed by atoms with Gasteiger partial charge in [0, 0.05) is 20.6 Å². The topological polar surface area (TPSA) is 53.9 Å². The van der Waals surface area contributed by atoms with Crippen molar-refractivity contribution in [2.75, 3.05) is 30.9 Å². The van der Waals surface area contributed by atoms with E-state index in [-0.39, 0.29) is 5.28 Å². The van der Waals surface area contributed by atoms with Crippen LogP contribution < -0.4 is 10.2 Å². The molecule has 1 atom stereocenters. The van der Waals surface area contributed by atoms with Crippen molar-refractivity contribution in [3.63, 3.8) is 0 Å². The number of nitrogens with zero attached hydrogens (tertiary/aromatic N) is 4. The van der Waals surface area contributed by atoms with Crippen molar-refractivity contribution in [1.29, 1.82) is 0 Å². The molecule has 0 radical (unpaired) electrons. The fraction of sp³-hybridized carbons (Fsp3) is 0.769. The van der Waals surface area contributed by atoms with Crippen molar-refractivity contribution in [2.45, 2.75) is 39.5 Å². The molecule has 1 unspecified atom stereocenters. The van der Waals surface area contributed by atoms with Crippen LogP contribution in [0.15, 0.2) is 0 Å². The molecule has 0 bridgehead atoms. The third-order valence-corrected chi connectivity index (χ3v) is 3.26. The molecule has 0 amide bonds. The van der Waals surface area contributed by atoms with E-state index in [0.717, 1.165) is 13.0 Å². The molecule has 6 heteroatoms. The van der Waals surface area contributed by atoms with Crippen molar-refractivity contribution in [3.8, 4) is 0 Å². The van der Waals surface area contributed by atoms with E-state index in [1.54, 1.807) is 0 Å². The summed E-state index contributed by atoms with van der Waals surface area (Å²) in [6, 6.07) is 0. The van der Waals surface area contributed by atoms with Gasteiger partial charge in [0.05, 0.1) is 0 Å². The summed E-state index contributed by atoms with van der Waals surface area (Å²) in [6.45, 7) is 5.31. The molecule has 0 fully saturated rings. The first-order valence-corrected chi connectivity index (χ1v) is 7.27. The van der Waals surface area contributed by atoms with Crippen LogP contribution in [-0.4, -0.2) is 35.6 Å². The van der Waals surface area contributed by atoms with Gasteiger partial charge < -0.3 is 10.2 Å². The standard InChI is InChI=1S/C13H24ClN5/c1-5-7-8-10(6-2)9-15-12-16-11(14)17-13(18-12)19(3)4/h10H,5-9H2,1-4H3,(H,15,16,17,18). The van der Waals surface area contributed by atoms with Crippen LogP contribution in [0.25, 0.3) is 0 Å². The minimum Gasteiger partial charge on any atom is -0.354 e. The van der Waals surface area contributed by atoms with Gasteiger partial charge in [0.15, 0.2) is 0 Å². The summed E-state index contributed by atoms with van der Waals surface area (Å²) in [6.07, 6.45) is 4.89. The largest absolute Gasteiger partial charge is 0.354 e. The number of halogens is 1. The summed E-state index contributed by atoms with van der Waals surface area (Å²) >= 11 is 5.90. The fourth-order valence-corrected chi connectivity index (χ4v) is 1.95. The molecule has 0 aromatic carbocycles. The molecule has 1 heterocycles. The van der Waals surface area contributed by atoms with Gasteiger partial charge in [-0.05, 0) is 23.9 Å². The number of rotatable bonds is 8. The number of aromatic nitrogens is 3. The van der Waals surface area contributed by atoms with Crippen molar-refractivity contribution < 1.29 is 0 Å². The molecule has 108 valence electrons. The molecule has 5 nitrogen and oxygen atoms in total. The van der Waals surface area contributed by atoms with E-state index in [1.165, 1.54) is 19.3 Å². The van der Waals surface area contributed by atoms with E-state index < -0.39 is 0 Å². The summed E-state index contributed by atoms with van der Waals surface area (Å²) < 4.78 is 0. The van der Waals surface area contributed by atoms with Crippen molar-refractivity contribution in [3.05, 3.63) is 5.28 Å². The molecule has 0 saturated carbocycles. The highest BCUT2D eigenvalue weighted by Gasteiger charge is 2.09. The molecular formula is C13H24ClN5. The second kappa shape index (κ2) is 8.15. The normalized spacial score (nSPS) is 12.3. The van der Waals surface area contributed by atoms with Crippen LogP contribution in [0.5, 0.6) is 0 Å². The molecule has 1 aromatic heterocycles. The Labute approximate surface area is 120 Å². The zero-order chi connectivity index (χ0) is 14.3. The van der Waals surface area contributed by atoms with E-state index in [0.29, 0.717) is 17.8 Å². The van der Waals surface area contributed by atoms with Crippen LogP contribution in [0.4, 0.5) is 11.9 Å². The summed E-state index contributed by atoms with van der Waals surface area (Å²) in [4.78, 5) is 14.3. The SMILES string of the molecule is CCCCC(CC)CNc1nc(Cl)nc(N(C)C)n1. The maximum Gasteiger partial charge on any atom is 0.230 e. The lowest BCUT2D eigenvalue weighted by Gasteiger charge is -2.16. The lowest BCUT2D eigenvalue weighted by molar-refractivity contribution is 0.471. The first-order valence-electron chi connectivity index (χ1n) is 6.89. The lowest BCUT2D eigenvalue weighted by Crippen LogP contribution is -2.18. The molecule has 0 aliphatic carbocycles. The number of hydrogen-bond donors (Lipinski definition) is 1. The minimum absolute atomic E-state index is 0.225. The van der Waals surface area contributed by atoms with Crippen LogP contribution in [0.3, 0.4) is 0 Å². The highest BCUT2D eigenvalue weighted by molar-refractivity contribution is 6.28. The van der Waals surface area contributed by atoms with Crippen LogP contribution in [-0.2, 0) is 0 Å². The molecule has 0 aliphatic rings. The van der Waals surface area contributed by atoms with Crippen LogP contribution >= 0.6 is 11.6 Å². The van der Waals surface area contributed by atoms with E-state index >= 15 is 0 Å². The molecule has 1 rings (SSSR count). The van der Waals surface area contributed by atoms with E-state index in [4.69, 9.17) is 11.6 Å². The van der Waals surface area contributed by atoms with Gasteiger partial charge in [-0.25, -0.2) is 0 Å². The Hall–Kier alpha value is -1.10. The van der Waals surface area contributed by atoms with Crippen molar-refractivity contribution in [1.82, 2.24) is 15.0 Å². The third kappa shape index (κ3) is 5.59. The second-order valence-electron chi connectivity index (χ2n) is 4.92. The Bertz CT molecular complexity index is 383. The predicted molar refractivity (Wildman–Crippen MR) is 81.0 cm³/mol. The molecule has 1 N–H and O–H groups in total. The first kappa shape index (κ1) is 16.0. The number of nitrogens with one attached hydrogen (secondary N) is 1. The van der Waals surface area contributed by atoms with Crippen molar-refractivity contribution >= 4 is 23.5 Å². The van der Waals surface area contributed by atoms with Crippen LogP contribution in [0.1, 0.15) is 39.5 Å². The summed E-state index contributed by atoms with van der Waals surface area (Å²) in [5.41, 5.74) is 0. The van der Waals surface area contributed by atoms with Crippen LogP contribution in [0.2, 0.25) is 5.28 Å². The van der Waals surface area contributed by atoms with E-state index in [1.807, 2.05) is 19.0 Å². The second-order valence-corrected chi connectivity index (χ2v) is 5.26. The summed E-state index contributed by atoms with van der Waals surface area (Å²) in [7, 11) is 3.76. The van der Waals surface area contributed by atoms with Crippen molar-refractivity contribution in [2.24, 2.45) is 5.92 Å². The van der Waals surface area contributed by atoms with Gasteiger partial charge in [0.2, 0.25) is 17.2 Å². The smallest absolute Gasteiger partial charge is 0.230 e. The lowest BCUT2D eigenvalue weighted by atomic mass is 9.99. The monoisotopic (exact) mass is 285 g/mol. The Morgan fingerprint density at radius 3 is 2.53 bits per heavy atom. The molecule has 1 aromatic rings.